The van der Waals surface area contributed by atoms with E-state index in [0.29, 0.717) is 0 Å². The van der Waals surface area contributed by atoms with Gasteiger partial charge >= 0.3 is 0 Å². The summed E-state index contributed by atoms with van der Waals surface area (Å²) in [6.07, 6.45) is 0.993. The van der Waals surface area contributed by atoms with Crippen molar-refractivity contribution in [2.24, 2.45) is 0 Å². The number of nitrogens with zero attached hydrogens (tertiary/aromatic N) is 1. The summed E-state index contributed by atoms with van der Waals surface area (Å²) < 4.78 is 5.18. The summed E-state index contributed by atoms with van der Waals surface area (Å²) in [6, 6.07) is 15.5. The van der Waals surface area contributed by atoms with Crippen LogP contribution in [0.25, 0.3) is 0 Å². The Labute approximate surface area is 130 Å². The third-order valence-corrected chi connectivity index (χ3v) is 4.11. The van der Waals surface area contributed by atoms with E-state index >= 15 is 0 Å². The first kappa shape index (κ1) is 14.4. The van der Waals surface area contributed by atoms with Crippen LogP contribution < -0.4 is 15.0 Å². The van der Waals surface area contributed by atoms with Crippen LogP contribution in [0.3, 0.4) is 0 Å². The molecular formula is C18H20N2O2. The van der Waals surface area contributed by atoms with E-state index in [1.54, 1.807) is 7.11 Å². The molecule has 0 radical (unpaired) electrons. The van der Waals surface area contributed by atoms with Crippen LogP contribution in [0.5, 0.6) is 5.75 Å². The minimum Gasteiger partial charge on any atom is -0.497 e. The number of benzene rings is 2. The fraction of sp³-hybridized carbons (Fsp3) is 0.278. The third kappa shape index (κ3) is 2.77. The smallest absolute Gasteiger partial charge is 0.246 e. The van der Waals surface area contributed by atoms with Gasteiger partial charge in [-0.2, -0.15) is 0 Å². The highest BCUT2D eigenvalue weighted by Crippen LogP contribution is 2.29. The van der Waals surface area contributed by atoms with Gasteiger partial charge in [-0.1, -0.05) is 24.3 Å². The van der Waals surface area contributed by atoms with E-state index in [2.05, 4.69) is 22.3 Å². The maximum absolute atomic E-state index is 12.5. The van der Waals surface area contributed by atoms with Crippen molar-refractivity contribution in [3.63, 3.8) is 0 Å². The lowest BCUT2D eigenvalue weighted by Crippen LogP contribution is -2.41. The highest BCUT2D eigenvalue weighted by atomic mass is 16.5. The second-order valence-electron chi connectivity index (χ2n) is 5.47. The van der Waals surface area contributed by atoms with E-state index in [1.807, 2.05) is 43.3 Å². The second-order valence-corrected chi connectivity index (χ2v) is 5.47. The Morgan fingerprint density at radius 2 is 2.05 bits per heavy atom. The number of methoxy groups -OCH3 is 1. The Balaban J connectivity index is 1.73. The van der Waals surface area contributed by atoms with Gasteiger partial charge in [-0.25, -0.2) is 0 Å². The topological polar surface area (TPSA) is 41.6 Å². The number of fused-ring (bicyclic) bond motifs is 1. The van der Waals surface area contributed by atoms with Gasteiger partial charge in [0.25, 0.3) is 0 Å². The Hall–Kier alpha value is -2.49. The number of carbonyl (C=O) groups is 1. The summed E-state index contributed by atoms with van der Waals surface area (Å²) in [5.74, 6) is 0.724. The van der Waals surface area contributed by atoms with Crippen molar-refractivity contribution in [2.45, 2.75) is 19.4 Å². The Morgan fingerprint density at radius 3 is 2.86 bits per heavy atom. The van der Waals surface area contributed by atoms with Crippen molar-refractivity contribution in [2.75, 3.05) is 23.9 Å². The van der Waals surface area contributed by atoms with Crippen LogP contribution in [0.4, 0.5) is 11.4 Å². The molecule has 4 nitrogen and oxygen atoms in total. The molecule has 0 aromatic heterocycles. The molecule has 1 amide bonds. The molecule has 1 heterocycles. The second kappa shape index (κ2) is 6.10. The quantitative estimate of drug-likeness (QED) is 0.942. The Morgan fingerprint density at radius 1 is 1.23 bits per heavy atom. The fourth-order valence-corrected chi connectivity index (χ4v) is 2.86. The zero-order chi connectivity index (χ0) is 15.5. The lowest BCUT2D eigenvalue weighted by Gasteiger charge is -2.26. The molecule has 22 heavy (non-hydrogen) atoms. The average molecular weight is 296 g/mol. The Bertz CT molecular complexity index is 684. The number of rotatable bonds is 4. The lowest BCUT2D eigenvalue weighted by atomic mass is 10.1. The van der Waals surface area contributed by atoms with E-state index in [-0.39, 0.29) is 11.9 Å². The average Bonchev–Trinajstić information content (AvgIpc) is 2.98. The first-order chi connectivity index (χ1) is 10.7. The van der Waals surface area contributed by atoms with Gasteiger partial charge in [0.2, 0.25) is 5.91 Å². The SMILES string of the molecule is COc1cccc(NC(=O)[C@H](C)N2CCc3ccccc32)c1. The molecule has 0 bridgehead atoms. The van der Waals surface area contributed by atoms with Crippen molar-refractivity contribution in [3.8, 4) is 5.75 Å². The molecule has 4 heteroatoms. The van der Waals surface area contributed by atoms with Crippen molar-refractivity contribution < 1.29 is 9.53 Å². The molecule has 0 saturated carbocycles. The molecule has 1 aliphatic heterocycles. The maximum Gasteiger partial charge on any atom is 0.246 e. The molecule has 1 aliphatic rings. The van der Waals surface area contributed by atoms with Crippen molar-refractivity contribution in [1.29, 1.82) is 0 Å². The summed E-state index contributed by atoms with van der Waals surface area (Å²) in [7, 11) is 1.62. The summed E-state index contributed by atoms with van der Waals surface area (Å²) in [4.78, 5) is 14.7. The number of amides is 1. The molecule has 114 valence electrons. The molecule has 3 rings (SSSR count). The molecule has 0 fully saturated rings. The largest absolute Gasteiger partial charge is 0.497 e. The molecule has 0 saturated heterocycles. The zero-order valence-electron chi connectivity index (χ0n) is 12.9. The van der Waals surface area contributed by atoms with Crippen molar-refractivity contribution >= 4 is 17.3 Å². The molecule has 2 aromatic carbocycles. The summed E-state index contributed by atoms with van der Waals surface area (Å²) >= 11 is 0. The number of ether oxygens (including phenoxy) is 1. The van der Waals surface area contributed by atoms with Crippen LogP contribution in [0.2, 0.25) is 0 Å². The van der Waals surface area contributed by atoms with Crippen LogP contribution in [0, 0.1) is 0 Å². The highest BCUT2D eigenvalue weighted by Gasteiger charge is 2.27. The van der Waals surface area contributed by atoms with E-state index < -0.39 is 0 Å². The van der Waals surface area contributed by atoms with Gasteiger partial charge in [0.15, 0.2) is 0 Å². The van der Waals surface area contributed by atoms with Gasteiger partial charge in [-0.3, -0.25) is 4.79 Å². The molecular weight excluding hydrogens is 276 g/mol. The highest BCUT2D eigenvalue weighted by molar-refractivity contribution is 5.97. The first-order valence-corrected chi connectivity index (χ1v) is 7.48. The molecule has 1 N–H and O–H groups in total. The summed E-state index contributed by atoms with van der Waals surface area (Å²) in [6.45, 7) is 2.82. The van der Waals surface area contributed by atoms with Crippen LogP contribution in [0.1, 0.15) is 12.5 Å². The van der Waals surface area contributed by atoms with Gasteiger partial charge in [-0.05, 0) is 37.1 Å². The van der Waals surface area contributed by atoms with E-state index in [4.69, 9.17) is 4.74 Å². The van der Waals surface area contributed by atoms with Gasteiger partial charge in [0, 0.05) is 24.0 Å². The van der Waals surface area contributed by atoms with E-state index in [1.165, 1.54) is 5.56 Å². The number of carbonyl (C=O) groups excluding carboxylic acids is 1. The third-order valence-electron chi connectivity index (χ3n) is 4.11. The summed E-state index contributed by atoms with van der Waals surface area (Å²) in [5.41, 5.74) is 3.23. The summed E-state index contributed by atoms with van der Waals surface area (Å²) in [5, 5.41) is 2.96. The van der Waals surface area contributed by atoms with Crippen LogP contribution in [-0.2, 0) is 11.2 Å². The lowest BCUT2D eigenvalue weighted by molar-refractivity contribution is -0.117. The number of nitrogens with one attached hydrogen (secondary N) is 1. The van der Waals surface area contributed by atoms with Gasteiger partial charge in [0.05, 0.1) is 7.11 Å². The molecule has 0 aliphatic carbocycles. The van der Waals surface area contributed by atoms with Crippen LogP contribution >= 0.6 is 0 Å². The number of hydrogen-bond donors (Lipinski definition) is 1. The minimum atomic E-state index is -0.213. The van der Waals surface area contributed by atoms with Crippen LogP contribution in [0.15, 0.2) is 48.5 Å². The van der Waals surface area contributed by atoms with Gasteiger partial charge in [0.1, 0.15) is 11.8 Å². The van der Waals surface area contributed by atoms with Crippen LogP contribution in [-0.4, -0.2) is 25.6 Å². The van der Waals surface area contributed by atoms with Gasteiger partial charge in [-0.15, -0.1) is 0 Å². The predicted octanol–water partition coefficient (Wildman–Crippen LogP) is 3.08. The molecule has 0 unspecified atom stereocenters. The number of anilines is 2. The Kier molecular flexibility index (Phi) is 4.00. The monoisotopic (exact) mass is 296 g/mol. The minimum absolute atomic E-state index is 0.00930. The number of para-hydroxylation sites is 1. The molecule has 2 aromatic rings. The van der Waals surface area contributed by atoms with E-state index in [0.717, 1.165) is 30.1 Å². The van der Waals surface area contributed by atoms with Gasteiger partial charge < -0.3 is 15.0 Å². The maximum atomic E-state index is 12.5. The van der Waals surface area contributed by atoms with Crippen molar-refractivity contribution in [1.82, 2.24) is 0 Å². The first-order valence-electron chi connectivity index (χ1n) is 7.48. The standard InChI is InChI=1S/C18H20N2O2/c1-13(20-11-10-14-6-3-4-9-17(14)20)18(21)19-15-7-5-8-16(12-15)22-2/h3-9,12-13H,10-11H2,1-2H3,(H,19,21)/t13-/m0/s1. The molecule has 1 atom stereocenters. The predicted molar refractivity (Wildman–Crippen MR) is 88.6 cm³/mol. The fourth-order valence-electron chi connectivity index (χ4n) is 2.86. The normalized spacial score (nSPS) is 14.4. The van der Waals surface area contributed by atoms with Crippen molar-refractivity contribution in [3.05, 3.63) is 54.1 Å². The number of hydrogen-bond acceptors (Lipinski definition) is 3. The molecule has 0 spiro atoms. The van der Waals surface area contributed by atoms with E-state index in [9.17, 15) is 4.79 Å². The zero-order valence-corrected chi connectivity index (χ0v) is 12.9.